The standard InChI is InChI=1S/C16H19FN4O/c1-9-7-20(8-13(9)18)16-12(17)6-11-14(22)4-5-21(10-2-3-10)15(11)19-16/h4-6,9-10,13H,2-3,7-8,18H2,1H3. The molecule has 1 aliphatic carbocycles. The van der Waals surface area contributed by atoms with Crippen molar-refractivity contribution in [3.63, 3.8) is 0 Å². The Balaban J connectivity index is 1.88. The Morgan fingerprint density at radius 2 is 2.14 bits per heavy atom. The van der Waals surface area contributed by atoms with E-state index in [4.69, 9.17) is 5.73 Å². The Morgan fingerprint density at radius 1 is 1.36 bits per heavy atom. The van der Waals surface area contributed by atoms with Crippen LogP contribution in [0.15, 0.2) is 23.1 Å². The van der Waals surface area contributed by atoms with Gasteiger partial charge in [0.1, 0.15) is 5.65 Å². The Labute approximate surface area is 127 Å². The number of aromatic nitrogens is 2. The minimum absolute atomic E-state index is 0.0262. The van der Waals surface area contributed by atoms with Gasteiger partial charge >= 0.3 is 0 Å². The fraction of sp³-hybridized carbons (Fsp3) is 0.500. The van der Waals surface area contributed by atoms with Crippen molar-refractivity contribution in [2.24, 2.45) is 11.7 Å². The molecule has 2 unspecified atom stereocenters. The van der Waals surface area contributed by atoms with Crippen LogP contribution in [0.2, 0.25) is 0 Å². The summed E-state index contributed by atoms with van der Waals surface area (Å²) < 4.78 is 16.5. The first-order valence-corrected chi connectivity index (χ1v) is 7.76. The van der Waals surface area contributed by atoms with Crippen molar-refractivity contribution < 1.29 is 4.39 Å². The molecule has 2 aromatic heterocycles. The molecule has 0 spiro atoms. The van der Waals surface area contributed by atoms with Crippen molar-refractivity contribution in [3.8, 4) is 0 Å². The monoisotopic (exact) mass is 302 g/mol. The van der Waals surface area contributed by atoms with Crippen LogP contribution in [0.3, 0.4) is 0 Å². The lowest BCUT2D eigenvalue weighted by Crippen LogP contribution is -2.29. The third kappa shape index (κ3) is 2.09. The van der Waals surface area contributed by atoms with Gasteiger partial charge in [0.2, 0.25) is 0 Å². The van der Waals surface area contributed by atoms with Gasteiger partial charge in [-0.15, -0.1) is 0 Å². The topological polar surface area (TPSA) is 64.2 Å². The number of hydrogen-bond donors (Lipinski definition) is 1. The van der Waals surface area contributed by atoms with E-state index in [0.717, 1.165) is 12.8 Å². The summed E-state index contributed by atoms with van der Waals surface area (Å²) in [4.78, 5) is 18.4. The predicted octanol–water partition coefficient (Wildman–Crippen LogP) is 1.65. The second kappa shape index (κ2) is 4.78. The van der Waals surface area contributed by atoms with Gasteiger partial charge in [0, 0.05) is 37.4 Å². The van der Waals surface area contributed by atoms with Crippen molar-refractivity contribution in [2.75, 3.05) is 18.0 Å². The lowest BCUT2D eigenvalue weighted by Gasteiger charge is -2.19. The summed E-state index contributed by atoms with van der Waals surface area (Å²) in [6.45, 7) is 3.35. The molecule has 2 aliphatic rings. The van der Waals surface area contributed by atoms with E-state index in [1.54, 1.807) is 6.20 Å². The largest absolute Gasteiger partial charge is 0.352 e. The molecule has 22 heavy (non-hydrogen) atoms. The molecule has 2 aromatic rings. The van der Waals surface area contributed by atoms with Crippen LogP contribution in [0.4, 0.5) is 10.2 Å². The lowest BCUT2D eigenvalue weighted by molar-refractivity contribution is 0.565. The van der Waals surface area contributed by atoms with Crippen LogP contribution in [0.25, 0.3) is 11.0 Å². The number of hydrogen-bond acceptors (Lipinski definition) is 4. The first kappa shape index (κ1) is 13.7. The molecule has 3 heterocycles. The van der Waals surface area contributed by atoms with Gasteiger partial charge in [0.25, 0.3) is 0 Å². The zero-order valence-corrected chi connectivity index (χ0v) is 12.5. The molecule has 1 aliphatic heterocycles. The maximum atomic E-state index is 14.5. The summed E-state index contributed by atoms with van der Waals surface area (Å²) in [5.74, 6) is 0.171. The molecule has 0 amide bonds. The predicted molar refractivity (Wildman–Crippen MR) is 83.6 cm³/mol. The third-order valence-corrected chi connectivity index (χ3v) is 4.74. The van der Waals surface area contributed by atoms with Crippen LogP contribution < -0.4 is 16.1 Å². The van der Waals surface area contributed by atoms with Gasteiger partial charge in [-0.2, -0.15) is 0 Å². The zero-order chi connectivity index (χ0) is 15.4. The van der Waals surface area contributed by atoms with Gasteiger partial charge in [-0.1, -0.05) is 6.92 Å². The molecule has 0 bridgehead atoms. The number of nitrogens with zero attached hydrogens (tertiary/aromatic N) is 3. The second-order valence-corrected chi connectivity index (χ2v) is 6.53. The number of fused-ring (bicyclic) bond motifs is 1. The maximum absolute atomic E-state index is 14.5. The van der Waals surface area contributed by atoms with Crippen LogP contribution >= 0.6 is 0 Å². The van der Waals surface area contributed by atoms with Gasteiger partial charge < -0.3 is 15.2 Å². The van der Waals surface area contributed by atoms with Crippen molar-refractivity contribution in [2.45, 2.75) is 31.8 Å². The molecule has 2 fully saturated rings. The number of anilines is 1. The highest BCUT2D eigenvalue weighted by Gasteiger charge is 2.30. The normalized spacial score (nSPS) is 25.1. The van der Waals surface area contributed by atoms with Crippen LogP contribution in [0.1, 0.15) is 25.8 Å². The van der Waals surface area contributed by atoms with Gasteiger partial charge in [0.15, 0.2) is 17.1 Å². The zero-order valence-electron chi connectivity index (χ0n) is 12.5. The van der Waals surface area contributed by atoms with E-state index in [1.807, 2.05) is 9.47 Å². The Kier molecular flexibility index (Phi) is 2.97. The van der Waals surface area contributed by atoms with Crippen molar-refractivity contribution in [1.82, 2.24) is 9.55 Å². The minimum atomic E-state index is -0.445. The van der Waals surface area contributed by atoms with E-state index < -0.39 is 5.82 Å². The summed E-state index contributed by atoms with van der Waals surface area (Å²) in [6, 6.07) is 3.23. The SMILES string of the molecule is CC1CN(c2nc3c(cc2F)c(=O)ccn3C2CC2)CC1N. The van der Waals surface area contributed by atoms with Gasteiger partial charge in [-0.25, -0.2) is 9.37 Å². The molecule has 5 nitrogen and oxygen atoms in total. The summed E-state index contributed by atoms with van der Waals surface area (Å²) in [7, 11) is 0. The summed E-state index contributed by atoms with van der Waals surface area (Å²) in [5.41, 5.74) is 6.43. The summed E-state index contributed by atoms with van der Waals surface area (Å²) >= 11 is 0. The van der Waals surface area contributed by atoms with Crippen LogP contribution in [-0.4, -0.2) is 28.7 Å². The highest BCUT2D eigenvalue weighted by Crippen LogP contribution is 2.37. The third-order valence-electron chi connectivity index (χ3n) is 4.74. The number of pyridine rings is 2. The molecule has 1 saturated carbocycles. The molecule has 2 N–H and O–H groups in total. The highest BCUT2D eigenvalue weighted by atomic mass is 19.1. The van der Waals surface area contributed by atoms with Gasteiger partial charge in [-0.3, -0.25) is 4.79 Å². The number of rotatable bonds is 2. The van der Waals surface area contributed by atoms with Crippen molar-refractivity contribution in [3.05, 3.63) is 34.4 Å². The first-order valence-electron chi connectivity index (χ1n) is 7.76. The smallest absolute Gasteiger partial charge is 0.191 e. The lowest BCUT2D eigenvalue weighted by atomic mass is 10.1. The van der Waals surface area contributed by atoms with E-state index in [2.05, 4.69) is 11.9 Å². The van der Waals surface area contributed by atoms with Crippen molar-refractivity contribution in [1.29, 1.82) is 0 Å². The van der Waals surface area contributed by atoms with E-state index in [0.29, 0.717) is 41.9 Å². The first-order chi connectivity index (χ1) is 10.5. The molecule has 0 radical (unpaired) electrons. The van der Waals surface area contributed by atoms with Crippen LogP contribution in [0.5, 0.6) is 0 Å². The van der Waals surface area contributed by atoms with E-state index in [9.17, 15) is 9.18 Å². The molecule has 4 rings (SSSR count). The summed E-state index contributed by atoms with van der Waals surface area (Å²) in [5, 5.41) is 0.354. The summed E-state index contributed by atoms with van der Waals surface area (Å²) in [6.07, 6.45) is 3.94. The van der Waals surface area contributed by atoms with E-state index in [-0.39, 0.29) is 11.5 Å². The molecule has 6 heteroatoms. The Morgan fingerprint density at radius 3 is 2.77 bits per heavy atom. The van der Waals surface area contributed by atoms with Crippen LogP contribution in [-0.2, 0) is 0 Å². The number of halogens is 1. The fourth-order valence-electron chi connectivity index (χ4n) is 3.19. The highest BCUT2D eigenvalue weighted by molar-refractivity contribution is 5.77. The fourth-order valence-corrected chi connectivity index (χ4v) is 3.19. The van der Waals surface area contributed by atoms with Gasteiger partial charge in [0.05, 0.1) is 5.39 Å². The quantitative estimate of drug-likeness (QED) is 0.916. The number of nitrogens with two attached hydrogens (primary N) is 1. The van der Waals surface area contributed by atoms with E-state index >= 15 is 0 Å². The van der Waals surface area contributed by atoms with Crippen LogP contribution in [0, 0.1) is 11.7 Å². The average molecular weight is 302 g/mol. The molecule has 1 saturated heterocycles. The Bertz CT molecular complexity index is 789. The average Bonchev–Trinajstić information content (AvgIpc) is 3.26. The molecule has 116 valence electrons. The minimum Gasteiger partial charge on any atom is -0.352 e. The van der Waals surface area contributed by atoms with Gasteiger partial charge in [-0.05, 0) is 24.8 Å². The second-order valence-electron chi connectivity index (χ2n) is 6.53. The molecule has 0 aromatic carbocycles. The Hall–Kier alpha value is -1.95. The molecular weight excluding hydrogens is 283 g/mol. The van der Waals surface area contributed by atoms with E-state index in [1.165, 1.54) is 12.1 Å². The van der Waals surface area contributed by atoms with Crippen molar-refractivity contribution >= 4 is 16.9 Å². The maximum Gasteiger partial charge on any atom is 0.191 e. The molecule has 2 atom stereocenters. The molecular formula is C16H19FN4O.